The van der Waals surface area contributed by atoms with Crippen molar-refractivity contribution in [2.45, 2.75) is 77.1 Å². The maximum Gasteiger partial charge on any atom is 0.411 e. The monoisotopic (exact) mass is 467 g/mol. The number of nitrogens with one attached hydrogen (secondary N) is 2. The molecule has 4 atom stereocenters. The molecule has 8 nitrogen and oxygen atoms in total. The predicted octanol–water partition coefficient (Wildman–Crippen LogP) is 3.86. The molecule has 180 valence electrons. The zero-order valence-corrected chi connectivity index (χ0v) is 19.9. The predicted molar refractivity (Wildman–Crippen MR) is 123 cm³/mol. The smallest absolute Gasteiger partial charge is 0.411 e. The number of rotatable bonds is 5. The molecule has 1 aromatic heterocycles. The lowest BCUT2D eigenvalue weighted by atomic mass is 9.97. The Labute approximate surface area is 198 Å². The molecule has 2 aromatic rings. The number of benzene rings is 1. The van der Waals surface area contributed by atoms with E-state index in [1.807, 2.05) is 6.92 Å². The number of amides is 2. The van der Waals surface area contributed by atoms with Crippen LogP contribution in [0.15, 0.2) is 24.4 Å². The van der Waals surface area contributed by atoms with E-state index in [4.69, 9.17) is 4.74 Å². The first-order valence-electron chi connectivity index (χ1n) is 11.6. The molecule has 4 rings (SSSR count). The molecule has 2 N–H and O–H groups in total. The van der Waals surface area contributed by atoms with Gasteiger partial charge < -0.3 is 10.1 Å². The Morgan fingerprint density at radius 1 is 1.38 bits per heavy atom. The van der Waals surface area contributed by atoms with E-state index >= 15 is 0 Å². The van der Waals surface area contributed by atoms with Crippen molar-refractivity contribution in [3.8, 4) is 17.2 Å². The van der Waals surface area contributed by atoms with Crippen LogP contribution in [0.2, 0.25) is 0 Å². The molecule has 34 heavy (non-hydrogen) atoms. The number of hydrogen-bond donors (Lipinski definition) is 2. The first-order chi connectivity index (χ1) is 16.1. The SMILES string of the molecule is Cc1n[nH]cc1-c1ccc(C[C@@H](C#N)NC(=O)[C@@H]2[C@H]3CC[C@H](C3)N2C(=O)OC(C)(C)C)c(F)c1. The van der Waals surface area contributed by atoms with Gasteiger partial charge in [0.25, 0.3) is 0 Å². The van der Waals surface area contributed by atoms with Crippen LogP contribution in [-0.4, -0.2) is 50.8 Å². The molecule has 1 saturated heterocycles. The highest BCUT2D eigenvalue weighted by Crippen LogP contribution is 2.43. The molecule has 2 bridgehead atoms. The molecule has 1 aliphatic carbocycles. The fraction of sp³-hybridized carbons (Fsp3) is 0.520. The molecule has 9 heteroatoms. The number of ether oxygens (including phenoxy) is 1. The Kier molecular flexibility index (Phi) is 6.34. The number of likely N-dealkylation sites (tertiary alicyclic amines) is 1. The summed E-state index contributed by atoms with van der Waals surface area (Å²) in [6, 6.07) is 5.22. The van der Waals surface area contributed by atoms with Gasteiger partial charge in [0, 0.05) is 24.2 Å². The van der Waals surface area contributed by atoms with Crippen LogP contribution in [0.1, 0.15) is 51.3 Å². The molecule has 1 aliphatic heterocycles. The van der Waals surface area contributed by atoms with Gasteiger partial charge in [0.15, 0.2) is 0 Å². The Hall–Kier alpha value is -3.41. The number of nitrogens with zero attached hydrogens (tertiary/aromatic N) is 3. The van der Waals surface area contributed by atoms with Crippen LogP contribution in [0.5, 0.6) is 0 Å². The molecule has 2 amide bonds. The average molecular weight is 468 g/mol. The van der Waals surface area contributed by atoms with Gasteiger partial charge in [-0.3, -0.25) is 14.8 Å². The van der Waals surface area contributed by atoms with Crippen LogP contribution in [0, 0.1) is 30.0 Å². The van der Waals surface area contributed by atoms with E-state index in [1.54, 1.807) is 39.1 Å². The summed E-state index contributed by atoms with van der Waals surface area (Å²) < 4.78 is 20.4. The van der Waals surface area contributed by atoms with Crippen LogP contribution >= 0.6 is 0 Å². The number of fused-ring (bicyclic) bond motifs is 2. The third-order valence-electron chi connectivity index (χ3n) is 6.55. The molecule has 2 heterocycles. The summed E-state index contributed by atoms with van der Waals surface area (Å²) in [4.78, 5) is 27.5. The van der Waals surface area contributed by atoms with E-state index in [9.17, 15) is 19.2 Å². The van der Waals surface area contributed by atoms with Gasteiger partial charge >= 0.3 is 6.09 Å². The average Bonchev–Trinajstić information content (AvgIpc) is 3.49. The van der Waals surface area contributed by atoms with Crippen LogP contribution < -0.4 is 5.32 Å². The Balaban J connectivity index is 1.46. The summed E-state index contributed by atoms with van der Waals surface area (Å²) >= 11 is 0. The minimum Gasteiger partial charge on any atom is -0.444 e. The summed E-state index contributed by atoms with van der Waals surface area (Å²) in [7, 11) is 0. The lowest BCUT2D eigenvalue weighted by Crippen LogP contribution is -2.55. The maximum absolute atomic E-state index is 14.8. The van der Waals surface area contributed by atoms with E-state index in [1.165, 1.54) is 11.0 Å². The number of H-pyrrole nitrogens is 1. The van der Waals surface area contributed by atoms with Crippen molar-refractivity contribution in [3.63, 3.8) is 0 Å². The quantitative estimate of drug-likeness (QED) is 0.694. The Morgan fingerprint density at radius 3 is 2.76 bits per heavy atom. The number of halogens is 1. The number of piperidine rings is 1. The van der Waals surface area contributed by atoms with Crippen LogP contribution in [0.3, 0.4) is 0 Å². The van der Waals surface area contributed by atoms with Crippen molar-refractivity contribution in [1.29, 1.82) is 5.26 Å². The first-order valence-corrected chi connectivity index (χ1v) is 11.6. The molecular weight excluding hydrogens is 437 g/mol. The van der Waals surface area contributed by atoms with Crippen LogP contribution in [0.4, 0.5) is 9.18 Å². The number of carbonyl (C=O) groups is 2. The maximum atomic E-state index is 14.8. The molecule has 0 unspecified atom stereocenters. The highest BCUT2D eigenvalue weighted by atomic mass is 19.1. The summed E-state index contributed by atoms with van der Waals surface area (Å²) in [6.07, 6.45) is 3.65. The molecule has 1 aromatic carbocycles. The highest BCUT2D eigenvalue weighted by Gasteiger charge is 2.52. The number of aromatic nitrogens is 2. The third kappa shape index (κ3) is 4.76. The minimum absolute atomic E-state index is 0.0198. The normalized spacial score (nSPS) is 22.4. The summed E-state index contributed by atoms with van der Waals surface area (Å²) in [5.74, 6) is -0.815. The number of aryl methyl sites for hydroxylation is 1. The molecule has 1 saturated carbocycles. The lowest BCUT2D eigenvalue weighted by molar-refractivity contribution is -0.128. The van der Waals surface area contributed by atoms with Crippen molar-refractivity contribution in [1.82, 2.24) is 20.4 Å². The molecule has 0 spiro atoms. The van der Waals surface area contributed by atoms with E-state index in [2.05, 4.69) is 21.6 Å². The fourth-order valence-electron chi connectivity index (χ4n) is 5.04. The Bertz CT molecular complexity index is 1130. The van der Waals surface area contributed by atoms with E-state index in [-0.39, 0.29) is 18.4 Å². The number of carbonyl (C=O) groups excluding carboxylic acids is 2. The Morgan fingerprint density at radius 2 is 2.15 bits per heavy atom. The summed E-state index contributed by atoms with van der Waals surface area (Å²) in [5.41, 5.74) is 1.89. The second-order valence-corrected chi connectivity index (χ2v) is 10.1. The topological polar surface area (TPSA) is 111 Å². The van der Waals surface area contributed by atoms with E-state index in [0.29, 0.717) is 11.1 Å². The molecule has 2 aliphatic rings. The zero-order chi connectivity index (χ0) is 24.6. The standard InChI is InChI=1S/C25H30FN5O3/c1-14-20(13-28-30-14)15-5-6-16(21(26)11-15)9-18(12-27)29-23(32)22-17-7-8-19(10-17)31(22)24(33)34-25(2,3)4/h5-6,11,13,17-19,22H,7-10H2,1-4H3,(H,28,30)(H,29,32)/t17-,18-,19+,22-/m0/s1. The second-order valence-electron chi connectivity index (χ2n) is 10.1. The van der Waals surface area contributed by atoms with E-state index in [0.717, 1.165) is 30.5 Å². The molecular formula is C25H30FN5O3. The van der Waals surface area contributed by atoms with Crippen molar-refractivity contribution in [3.05, 3.63) is 41.5 Å². The van der Waals surface area contributed by atoms with Gasteiger partial charge in [0.2, 0.25) is 5.91 Å². The fourth-order valence-corrected chi connectivity index (χ4v) is 5.04. The van der Waals surface area contributed by atoms with Gasteiger partial charge in [-0.05, 0) is 70.1 Å². The first kappa shape index (κ1) is 23.7. The van der Waals surface area contributed by atoms with Crippen molar-refractivity contribution < 1.29 is 18.7 Å². The number of hydrogen-bond acceptors (Lipinski definition) is 5. The van der Waals surface area contributed by atoms with E-state index < -0.39 is 35.5 Å². The minimum atomic E-state index is -0.928. The number of aromatic amines is 1. The molecule has 0 radical (unpaired) electrons. The van der Waals surface area contributed by atoms with Crippen molar-refractivity contribution in [2.75, 3.05) is 0 Å². The van der Waals surface area contributed by atoms with Gasteiger partial charge in [-0.2, -0.15) is 10.4 Å². The second kappa shape index (κ2) is 9.09. The van der Waals surface area contributed by atoms with Gasteiger partial charge in [0.05, 0.1) is 11.8 Å². The van der Waals surface area contributed by atoms with Gasteiger partial charge in [-0.1, -0.05) is 12.1 Å². The van der Waals surface area contributed by atoms with Crippen molar-refractivity contribution >= 4 is 12.0 Å². The summed E-state index contributed by atoms with van der Waals surface area (Å²) in [5, 5.41) is 19.2. The largest absolute Gasteiger partial charge is 0.444 e. The van der Waals surface area contributed by atoms with Gasteiger partial charge in [0.1, 0.15) is 23.5 Å². The van der Waals surface area contributed by atoms with Gasteiger partial charge in [-0.15, -0.1) is 0 Å². The number of nitriles is 1. The molecule has 2 fully saturated rings. The summed E-state index contributed by atoms with van der Waals surface area (Å²) in [6.45, 7) is 7.18. The van der Waals surface area contributed by atoms with Crippen molar-refractivity contribution in [2.24, 2.45) is 5.92 Å². The third-order valence-corrected chi connectivity index (χ3v) is 6.55. The van der Waals surface area contributed by atoms with Crippen LogP contribution in [-0.2, 0) is 16.0 Å². The zero-order valence-electron chi connectivity index (χ0n) is 19.9. The van der Waals surface area contributed by atoms with Crippen LogP contribution in [0.25, 0.3) is 11.1 Å². The lowest BCUT2D eigenvalue weighted by Gasteiger charge is -2.35. The highest BCUT2D eigenvalue weighted by molar-refractivity contribution is 5.87. The van der Waals surface area contributed by atoms with Gasteiger partial charge in [-0.25, -0.2) is 9.18 Å².